The van der Waals surface area contributed by atoms with Crippen LogP contribution in [0.15, 0.2) is 48.8 Å². The minimum atomic E-state index is -1.20. The predicted octanol–water partition coefficient (Wildman–Crippen LogP) is 4.03. The van der Waals surface area contributed by atoms with Crippen molar-refractivity contribution in [2.24, 2.45) is 5.73 Å². The highest BCUT2D eigenvalue weighted by Gasteiger charge is 2.37. The van der Waals surface area contributed by atoms with Gasteiger partial charge in [-0.05, 0) is 50.9 Å². The van der Waals surface area contributed by atoms with Gasteiger partial charge in [-0.25, -0.2) is 14.6 Å². The van der Waals surface area contributed by atoms with E-state index in [-0.39, 0.29) is 6.04 Å². The Morgan fingerprint density at radius 1 is 0.975 bits per heavy atom. The van der Waals surface area contributed by atoms with Crippen LogP contribution in [0.3, 0.4) is 0 Å². The molecule has 0 spiro atoms. The molecule has 1 saturated carbocycles. The maximum Gasteiger partial charge on any atom is 0.263 e. The van der Waals surface area contributed by atoms with Gasteiger partial charge in [-0.15, -0.1) is 0 Å². The lowest BCUT2D eigenvalue weighted by Crippen LogP contribution is -2.49. The number of anilines is 2. The van der Waals surface area contributed by atoms with Crippen LogP contribution in [0, 0.1) is 0 Å². The number of fused-ring (bicyclic) bond motifs is 2. The number of nitrogens with one attached hydrogen (secondary N) is 1. The van der Waals surface area contributed by atoms with Crippen molar-refractivity contribution >= 4 is 34.1 Å². The van der Waals surface area contributed by atoms with E-state index in [4.69, 9.17) is 32.9 Å². The molecular weight excluding hydrogens is 526 g/mol. The molecule has 11 heteroatoms. The molecule has 208 valence electrons. The third kappa shape index (κ3) is 4.45. The van der Waals surface area contributed by atoms with Gasteiger partial charge in [-0.1, -0.05) is 35.9 Å². The molecule has 1 atom stereocenters. The van der Waals surface area contributed by atoms with E-state index in [1.54, 1.807) is 12.1 Å². The van der Waals surface area contributed by atoms with E-state index in [9.17, 15) is 0 Å². The van der Waals surface area contributed by atoms with Crippen molar-refractivity contribution < 1.29 is 4.74 Å². The Bertz CT molecular complexity index is 1540. The molecule has 1 unspecified atom stereocenters. The van der Waals surface area contributed by atoms with Crippen LogP contribution >= 0.6 is 11.6 Å². The maximum atomic E-state index is 6.62. The molecule has 1 saturated heterocycles. The Labute approximate surface area is 238 Å². The minimum Gasteiger partial charge on any atom is -0.448 e. The van der Waals surface area contributed by atoms with Crippen LogP contribution in [0.4, 0.5) is 11.5 Å². The van der Waals surface area contributed by atoms with E-state index in [1.165, 1.54) is 19.2 Å². The summed E-state index contributed by atoms with van der Waals surface area (Å²) in [6, 6.07) is 14.2. The zero-order chi connectivity index (χ0) is 27.4. The SMILES string of the molecule is CN1CCN(C2CCC(n3nc(-c4ccc(C5(N)Nc6cc(Cl)ccc6O5)cc4)c4c(N)ncnc43)CC2)CC1. The monoisotopic (exact) mass is 559 g/mol. The topological polar surface area (TPSA) is 123 Å². The summed E-state index contributed by atoms with van der Waals surface area (Å²) in [6.07, 6.45) is 6.00. The Morgan fingerprint density at radius 2 is 1.70 bits per heavy atom. The average Bonchev–Trinajstić information content (AvgIpc) is 3.52. The van der Waals surface area contributed by atoms with Crippen LogP contribution < -0.4 is 21.5 Å². The molecule has 10 nitrogen and oxygen atoms in total. The predicted molar refractivity (Wildman–Crippen MR) is 157 cm³/mol. The highest BCUT2D eigenvalue weighted by molar-refractivity contribution is 6.31. The van der Waals surface area contributed by atoms with E-state index in [1.807, 2.05) is 30.3 Å². The summed E-state index contributed by atoms with van der Waals surface area (Å²) in [5.74, 6) is -0.102. The van der Waals surface area contributed by atoms with E-state index >= 15 is 0 Å². The lowest BCUT2D eigenvalue weighted by atomic mass is 9.90. The fraction of sp³-hybridized carbons (Fsp3) is 0.414. The van der Waals surface area contributed by atoms with Crippen LogP contribution in [0.5, 0.6) is 5.75 Å². The smallest absolute Gasteiger partial charge is 0.263 e. The summed E-state index contributed by atoms with van der Waals surface area (Å²) < 4.78 is 8.14. The molecule has 2 aromatic heterocycles. The molecule has 40 heavy (non-hydrogen) atoms. The number of likely N-dealkylation sites (N-methyl/N-ethyl adjacent to an activating group) is 1. The first-order valence-electron chi connectivity index (χ1n) is 14.0. The van der Waals surface area contributed by atoms with Crippen molar-refractivity contribution in [2.45, 2.75) is 43.6 Å². The molecule has 1 aliphatic carbocycles. The molecule has 7 rings (SSSR count). The zero-order valence-electron chi connectivity index (χ0n) is 22.6. The first-order valence-corrected chi connectivity index (χ1v) is 14.3. The second-order valence-electron chi connectivity index (χ2n) is 11.2. The molecule has 5 N–H and O–H groups in total. The van der Waals surface area contributed by atoms with Crippen LogP contribution in [-0.2, 0) is 5.85 Å². The molecule has 0 bridgehead atoms. The van der Waals surface area contributed by atoms with Crippen LogP contribution in [0.2, 0.25) is 5.02 Å². The van der Waals surface area contributed by atoms with E-state index in [0.29, 0.717) is 22.6 Å². The Hall–Kier alpha value is -3.44. The van der Waals surface area contributed by atoms with Crippen molar-refractivity contribution in [1.29, 1.82) is 0 Å². The van der Waals surface area contributed by atoms with Gasteiger partial charge in [0.1, 0.15) is 23.6 Å². The molecule has 2 fully saturated rings. The van der Waals surface area contributed by atoms with Crippen LogP contribution in [0.25, 0.3) is 22.3 Å². The first kappa shape index (κ1) is 25.5. The number of halogens is 1. The molecule has 2 aromatic carbocycles. The molecule has 0 amide bonds. The Balaban J connectivity index is 1.14. The van der Waals surface area contributed by atoms with Crippen molar-refractivity contribution in [2.75, 3.05) is 44.3 Å². The summed E-state index contributed by atoms with van der Waals surface area (Å²) in [6.45, 7) is 4.61. The van der Waals surface area contributed by atoms with E-state index in [0.717, 1.165) is 72.6 Å². The number of ether oxygens (including phenoxy) is 1. The number of nitrogen functional groups attached to an aromatic ring is 1. The molecule has 3 aliphatic rings. The number of aromatic nitrogens is 4. The highest BCUT2D eigenvalue weighted by atomic mass is 35.5. The van der Waals surface area contributed by atoms with Gasteiger partial charge in [0.15, 0.2) is 5.65 Å². The molecular formula is C29H34ClN9O. The molecule has 0 radical (unpaired) electrons. The van der Waals surface area contributed by atoms with Gasteiger partial charge in [-0.2, -0.15) is 5.10 Å². The van der Waals surface area contributed by atoms with Gasteiger partial charge in [0.05, 0.1) is 17.1 Å². The fourth-order valence-corrected chi connectivity index (χ4v) is 6.57. The lowest BCUT2D eigenvalue weighted by Gasteiger charge is -2.41. The number of piperazine rings is 1. The van der Waals surface area contributed by atoms with Gasteiger partial charge in [0, 0.05) is 48.4 Å². The number of nitrogens with two attached hydrogens (primary N) is 2. The molecule has 4 heterocycles. The van der Waals surface area contributed by atoms with E-state index in [2.05, 4.69) is 36.8 Å². The van der Waals surface area contributed by atoms with Gasteiger partial charge in [0.25, 0.3) is 5.85 Å². The van der Waals surface area contributed by atoms with Gasteiger partial charge in [-0.3, -0.25) is 10.6 Å². The van der Waals surface area contributed by atoms with Gasteiger partial charge >= 0.3 is 0 Å². The van der Waals surface area contributed by atoms with Crippen molar-refractivity contribution in [3.05, 3.63) is 59.4 Å². The maximum absolute atomic E-state index is 6.62. The third-order valence-electron chi connectivity index (χ3n) is 8.70. The largest absolute Gasteiger partial charge is 0.448 e. The zero-order valence-corrected chi connectivity index (χ0v) is 23.3. The second-order valence-corrected chi connectivity index (χ2v) is 11.7. The fourth-order valence-electron chi connectivity index (χ4n) is 6.40. The number of rotatable bonds is 4. The summed E-state index contributed by atoms with van der Waals surface area (Å²) in [4.78, 5) is 14.0. The average molecular weight is 560 g/mol. The second kappa shape index (κ2) is 9.88. The Morgan fingerprint density at radius 3 is 2.45 bits per heavy atom. The van der Waals surface area contributed by atoms with Gasteiger partial charge in [0.2, 0.25) is 0 Å². The van der Waals surface area contributed by atoms with Crippen molar-refractivity contribution in [3.63, 3.8) is 0 Å². The number of benzene rings is 2. The summed E-state index contributed by atoms with van der Waals surface area (Å²) in [5.41, 5.74) is 17.0. The van der Waals surface area contributed by atoms with Crippen molar-refractivity contribution in [1.82, 2.24) is 29.5 Å². The summed E-state index contributed by atoms with van der Waals surface area (Å²) >= 11 is 6.15. The number of hydrogen-bond acceptors (Lipinski definition) is 9. The summed E-state index contributed by atoms with van der Waals surface area (Å²) in [7, 11) is 2.21. The normalized spacial score (nSPS) is 25.5. The standard InChI is InChI=1S/C29H34ClN9O/c1-37-12-14-38(15-13-37)21-7-9-22(10-8-21)39-28-25(27(31)33-17-34-28)26(36-39)18-2-4-19(5-3-18)29(32)35-23-16-20(30)6-11-24(23)40-29/h2-6,11,16-17,21-22,35H,7-10,12-15,32H2,1H3,(H2,31,33,34). The minimum absolute atomic E-state index is 0.280. The molecule has 2 aliphatic heterocycles. The number of hydrogen-bond donors (Lipinski definition) is 3. The summed E-state index contributed by atoms with van der Waals surface area (Å²) in [5, 5.41) is 9.75. The first-order chi connectivity index (χ1) is 19.4. The Kier molecular flexibility index (Phi) is 6.31. The van der Waals surface area contributed by atoms with Gasteiger partial charge < -0.3 is 20.7 Å². The lowest BCUT2D eigenvalue weighted by molar-refractivity contribution is 0.0815. The molecule has 4 aromatic rings. The van der Waals surface area contributed by atoms with E-state index < -0.39 is 5.85 Å². The third-order valence-corrected chi connectivity index (χ3v) is 8.94. The van der Waals surface area contributed by atoms with Crippen LogP contribution in [-0.4, -0.2) is 68.8 Å². The quantitative estimate of drug-likeness (QED) is 0.340. The number of nitrogens with zero attached hydrogens (tertiary/aromatic N) is 6. The highest BCUT2D eigenvalue weighted by Crippen LogP contribution is 2.41. The van der Waals surface area contributed by atoms with Crippen LogP contribution in [0.1, 0.15) is 37.3 Å². The van der Waals surface area contributed by atoms with Crippen molar-refractivity contribution in [3.8, 4) is 17.0 Å².